The van der Waals surface area contributed by atoms with Gasteiger partial charge in [0.2, 0.25) is 0 Å². The van der Waals surface area contributed by atoms with Gasteiger partial charge in [-0.2, -0.15) is 0 Å². The number of ether oxygens (including phenoxy) is 1. The van der Waals surface area contributed by atoms with Gasteiger partial charge in [0.05, 0.1) is 11.2 Å². The normalized spacial score (nSPS) is 14.9. The molecule has 0 unspecified atom stereocenters. The van der Waals surface area contributed by atoms with Crippen LogP contribution in [0.3, 0.4) is 0 Å². The van der Waals surface area contributed by atoms with Crippen LogP contribution >= 0.6 is 0 Å². The van der Waals surface area contributed by atoms with Gasteiger partial charge in [0.25, 0.3) is 0 Å². The molecule has 0 bridgehead atoms. The van der Waals surface area contributed by atoms with Crippen molar-refractivity contribution in [2.45, 2.75) is 46.0 Å². The second-order valence-electron chi connectivity index (χ2n) is 8.10. The molecular weight excluding hydrogens is 322 g/mol. The Morgan fingerprint density at radius 3 is 2.50 bits per heavy atom. The van der Waals surface area contributed by atoms with E-state index in [1.165, 1.54) is 16.7 Å². The van der Waals surface area contributed by atoms with Crippen molar-refractivity contribution in [2.75, 3.05) is 12.4 Å². The SMILES string of the molecule is CNc1cc(C(C)C)cc2c1Oc1c(ccc3c1nc(C)n3C)C2(C)C. The molecule has 2 heterocycles. The molecule has 1 N–H and O–H groups in total. The Labute approximate surface area is 155 Å². The van der Waals surface area contributed by atoms with Crippen molar-refractivity contribution in [3.63, 3.8) is 0 Å². The fourth-order valence-corrected chi connectivity index (χ4v) is 3.94. The number of imidazole rings is 1. The van der Waals surface area contributed by atoms with Gasteiger partial charge in [0.1, 0.15) is 11.3 Å². The van der Waals surface area contributed by atoms with Crippen molar-refractivity contribution in [1.29, 1.82) is 0 Å². The number of fused-ring (bicyclic) bond motifs is 4. The van der Waals surface area contributed by atoms with E-state index in [0.717, 1.165) is 34.0 Å². The molecule has 0 fully saturated rings. The molecule has 0 saturated heterocycles. The molecule has 4 rings (SSSR count). The lowest BCUT2D eigenvalue weighted by atomic mass is 9.74. The second kappa shape index (κ2) is 5.50. The molecule has 0 saturated carbocycles. The van der Waals surface area contributed by atoms with Gasteiger partial charge in [-0.3, -0.25) is 0 Å². The third-order valence-corrected chi connectivity index (χ3v) is 5.83. The zero-order valence-corrected chi connectivity index (χ0v) is 16.7. The number of hydrogen-bond acceptors (Lipinski definition) is 3. The monoisotopic (exact) mass is 349 g/mol. The van der Waals surface area contributed by atoms with Crippen LogP contribution in [0.4, 0.5) is 5.69 Å². The summed E-state index contributed by atoms with van der Waals surface area (Å²) in [6.45, 7) is 11.0. The van der Waals surface area contributed by atoms with E-state index in [0.29, 0.717) is 5.92 Å². The second-order valence-corrected chi connectivity index (χ2v) is 8.10. The first kappa shape index (κ1) is 17.0. The van der Waals surface area contributed by atoms with Gasteiger partial charge in [-0.15, -0.1) is 0 Å². The Bertz CT molecular complexity index is 1030. The van der Waals surface area contributed by atoms with Crippen molar-refractivity contribution in [3.05, 3.63) is 46.8 Å². The molecule has 26 heavy (non-hydrogen) atoms. The van der Waals surface area contributed by atoms with Crippen molar-refractivity contribution in [3.8, 4) is 11.5 Å². The number of hydrogen-bond donors (Lipinski definition) is 1. The number of benzene rings is 2. The number of rotatable bonds is 2. The average molecular weight is 349 g/mol. The Kier molecular flexibility index (Phi) is 3.59. The van der Waals surface area contributed by atoms with Gasteiger partial charge in [-0.25, -0.2) is 4.98 Å². The topological polar surface area (TPSA) is 39.1 Å². The summed E-state index contributed by atoms with van der Waals surface area (Å²) in [6.07, 6.45) is 0. The third kappa shape index (κ3) is 2.17. The predicted molar refractivity (Wildman–Crippen MR) is 108 cm³/mol. The lowest BCUT2D eigenvalue weighted by Gasteiger charge is -2.36. The lowest BCUT2D eigenvalue weighted by Crippen LogP contribution is -2.25. The zero-order chi connectivity index (χ0) is 18.8. The molecule has 4 nitrogen and oxygen atoms in total. The minimum atomic E-state index is -0.154. The smallest absolute Gasteiger partial charge is 0.159 e. The molecule has 1 aliphatic rings. The average Bonchev–Trinajstić information content (AvgIpc) is 2.89. The predicted octanol–water partition coefficient (Wildman–Crippen LogP) is 5.48. The number of anilines is 1. The van der Waals surface area contributed by atoms with E-state index in [2.05, 4.69) is 61.8 Å². The highest BCUT2D eigenvalue weighted by molar-refractivity contribution is 5.87. The lowest BCUT2D eigenvalue weighted by molar-refractivity contribution is 0.423. The molecule has 0 atom stereocenters. The van der Waals surface area contributed by atoms with Crippen LogP contribution in [-0.2, 0) is 12.5 Å². The highest BCUT2D eigenvalue weighted by atomic mass is 16.5. The van der Waals surface area contributed by atoms with E-state index in [4.69, 9.17) is 9.72 Å². The van der Waals surface area contributed by atoms with E-state index in [1.807, 2.05) is 21.0 Å². The molecule has 0 amide bonds. The summed E-state index contributed by atoms with van der Waals surface area (Å²) in [5, 5.41) is 3.33. The largest absolute Gasteiger partial charge is 0.452 e. The fourth-order valence-electron chi connectivity index (χ4n) is 3.94. The first-order valence-electron chi connectivity index (χ1n) is 9.26. The highest BCUT2D eigenvalue weighted by Gasteiger charge is 2.37. The maximum Gasteiger partial charge on any atom is 0.159 e. The summed E-state index contributed by atoms with van der Waals surface area (Å²) in [5.74, 6) is 3.26. The van der Waals surface area contributed by atoms with Gasteiger partial charge in [0, 0.05) is 30.6 Å². The van der Waals surface area contributed by atoms with Crippen LogP contribution < -0.4 is 10.1 Å². The highest BCUT2D eigenvalue weighted by Crippen LogP contribution is 2.53. The molecule has 1 aromatic heterocycles. The molecule has 0 radical (unpaired) electrons. The van der Waals surface area contributed by atoms with E-state index in [9.17, 15) is 0 Å². The number of aryl methyl sites for hydroxylation is 2. The quantitative estimate of drug-likeness (QED) is 0.666. The Morgan fingerprint density at radius 1 is 1.12 bits per heavy atom. The first-order valence-corrected chi connectivity index (χ1v) is 9.26. The van der Waals surface area contributed by atoms with E-state index >= 15 is 0 Å². The van der Waals surface area contributed by atoms with Crippen LogP contribution in [0.15, 0.2) is 24.3 Å². The number of nitrogens with zero attached hydrogens (tertiary/aromatic N) is 2. The molecular formula is C22H27N3O. The molecule has 2 aromatic carbocycles. The minimum Gasteiger partial charge on any atom is -0.452 e. The van der Waals surface area contributed by atoms with Crippen molar-refractivity contribution in [1.82, 2.24) is 9.55 Å². The van der Waals surface area contributed by atoms with Crippen LogP contribution in [-0.4, -0.2) is 16.6 Å². The van der Waals surface area contributed by atoms with Crippen molar-refractivity contribution in [2.24, 2.45) is 7.05 Å². The van der Waals surface area contributed by atoms with E-state index in [1.54, 1.807) is 0 Å². The van der Waals surface area contributed by atoms with Crippen LogP contribution in [0.2, 0.25) is 0 Å². The molecule has 3 aromatic rings. The summed E-state index contributed by atoms with van der Waals surface area (Å²) in [5.41, 5.74) is 6.67. The van der Waals surface area contributed by atoms with Crippen molar-refractivity contribution >= 4 is 16.7 Å². The minimum absolute atomic E-state index is 0.154. The Morgan fingerprint density at radius 2 is 1.85 bits per heavy atom. The standard InChI is InChI=1S/C22H27N3O/c1-12(2)14-10-16-20(17(11-14)23-6)26-21-15(22(16,4)5)8-9-18-19(21)24-13(3)25(18)7/h8-12,23H,1-7H3. The summed E-state index contributed by atoms with van der Waals surface area (Å²) in [4.78, 5) is 4.78. The van der Waals surface area contributed by atoms with Gasteiger partial charge in [0.15, 0.2) is 11.5 Å². The van der Waals surface area contributed by atoms with Crippen LogP contribution in [0, 0.1) is 6.92 Å². The summed E-state index contributed by atoms with van der Waals surface area (Å²) in [6, 6.07) is 8.87. The summed E-state index contributed by atoms with van der Waals surface area (Å²) < 4.78 is 8.63. The zero-order valence-electron chi connectivity index (χ0n) is 16.7. The maximum atomic E-state index is 6.51. The molecule has 4 heteroatoms. The van der Waals surface area contributed by atoms with Crippen LogP contribution in [0.5, 0.6) is 11.5 Å². The van der Waals surface area contributed by atoms with Crippen LogP contribution in [0.25, 0.3) is 11.0 Å². The first-order chi connectivity index (χ1) is 12.3. The summed E-state index contributed by atoms with van der Waals surface area (Å²) >= 11 is 0. The summed E-state index contributed by atoms with van der Waals surface area (Å²) in [7, 11) is 4.00. The molecule has 0 aliphatic carbocycles. The van der Waals surface area contributed by atoms with Gasteiger partial charge in [-0.05, 0) is 30.5 Å². The van der Waals surface area contributed by atoms with Gasteiger partial charge >= 0.3 is 0 Å². The Balaban J connectivity index is 2.03. The molecule has 0 spiro atoms. The molecule has 136 valence electrons. The maximum absolute atomic E-state index is 6.51. The van der Waals surface area contributed by atoms with Gasteiger partial charge < -0.3 is 14.6 Å². The third-order valence-electron chi connectivity index (χ3n) is 5.83. The number of aromatic nitrogens is 2. The van der Waals surface area contributed by atoms with Crippen molar-refractivity contribution < 1.29 is 4.74 Å². The fraction of sp³-hybridized carbons (Fsp3) is 0.409. The molecule has 1 aliphatic heterocycles. The van der Waals surface area contributed by atoms with E-state index in [-0.39, 0.29) is 5.41 Å². The van der Waals surface area contributed by atoms with E-state index < -0.39 is 0 Å². The van der Waals surface area contributed by atoms with Crippen LogP contribution in [0.1, 0.15) is 56.1 Å². The Hall–Kier alpha value is -2.49. The number of nitrogens with one attached hydrogen (secondary N) is 1. The van der Waals surface area contributed by atoms with Gasteiger partial charge in [-0.1, -0.05) is 39.8 Å².